The molecule has 2 heterocycles. The van der Waals surface area contributed by atoms with E-state index in [1.54, 1.807) is 29.7 Å². The monoisotopic (exact) mass is 354 g/mol. The minimum absolute atomic E-state index is 0.171. The van der Waals surface area contributed by atoms with Gasteiger partial charge < -0.3 is 5.32 Å². The number of hydrogen-bond donors (Lipinski definition) is 1. The molecule has 24 heavy (non-hydrogen) atoms. The summed E-state index contributed by atoms with van der Waals surface area (Å²) in [6.45, 7) is 0.427. The van der Waals surface area contributed by atoms with E-state index in [1.807, 2.05) is 35.8 Å². The van der Waals surface area contributed by atoms with Gasteiger partial charge in [-0.25, -0.2) is 0 Å². The highest BCUT2D eigenvalue weighted by molar-refractivity contribution is 7.08. The molecule has 0 unspecified atom stereocenters. The Morgan fingerprint density at radius 1 is 1.21 bits per heavy atom. The largest absolute Gasteiger partial charge is 0.348 e. The van der Waals surface area contributed by atoms with Gasteiger partial charge in [-0.05, 0) is 51.7 Å². The van der Waals surface area contributed by atoms with Crippen LogP contribution >= 0.6 is 22.9 Å². The minimum Gasteiger partial charge on any atom is -0.348 e. The summed E-state index contributed by atoms with van der Waals surface area (Å²) >= 11 is 7.70. The number of rotatable bonds is 5. The second kappa shape index (κ2) is 7.90. The van der Waals surface area contributed by atoms with Gasteiger partial charge in [0.25, 0.3) is 0 Å². The molecule has 120 valence electrons. The van der Waals surface area contributed by atoms with Gasteiger partial charge >= 0.3 is 0 Å². The quantitative estimate of drug-likeness (QED) is 0.669. The highest BCUT2D eigenvalue weighted by Gasteiger charge is 2.02. The smallest absolute Gasteiger partial charge is 0.244 e. The van der Waals surface area contributed by atoms with E-state index in [1.165, 1.54) is 6.08 Å². The van der Waals surface area contributed by atoms with Gasteiger partial charge in [0.05, 0.1) is 0 Å². The summed E-state index contributed by atoms with van der Waals surface area (Å²) in [5.41, 5.74) is 3.96. The average Bonchev–Trinajstić information content (AvgIpc) is 3.14. The Hall–Kier alpha value is -2.43. The first-order valence-corrected chi connectivity index (χ1v) is 8.71. The number of benzene rings is 1. The number of carbonyl (C=O) groups is 1. The maximum atomic E-state index is 12.0. The zero-order valence-corrected chi connectivity index (χ0v) is 14.3. The molecule has 1 N–H and O–H groups in total. The summed E-state index contributed by atoms with van der Waals surface area (Å²) in [4.78, 5) is 16.2. The van der Waals surface area contributed by atoms with E-state index in [0.29, 0.717) is 11.6 Å². The van der Waals surface area contributed by atoms with Crippen molar-refractivity contribution in [2.24, 2.45) is 0 Å². The molecule has 0 fully saturated rings. The summed E-state index contributed by atoms with van der Waals surface area (Å²) < 4.78 is 0. The van der Waals surface area contributed by atoms with E-state index in [9.17, 15) is 4.79 Å². The van der Waals surface area contributed by atoms with Crippen molar-refractivity contribution in [1.82, 2.24) is 10.3 Å². The zero-order chi connectivity index (χ0) is 16.8. The molecule has 0 bridgehead atoms. The van der Waals surface area contributed by atoms with Gasteiger partial charge in [0.15, 0.2) is 0 Å². The Bertz CT molecular complexity index is 859. The van der Waals surface area contributed by atoms with Crippen LogP contribution in [0.25, 0.3) is 17.2 Å². The molecule has 1 aromatic carbocycles. The lowest BCUT2D eigenvalue weighted by atomic mass is 10.1. The van der Waals surface area contributed by atoms with E-state index in [2.05, 4.69) is 21.7 Å². The van der Waals surface area contributed by atoms with Crippen LogP contribution in [-0.2, 0) is 11.3 Å². The Kier molecular flexibility index (Phi) is 5.41. The van der Waals surface area contributed by atoms with Crippen molar-refractivity contribution in [3.8, 4) is 11.1 Å². The summed E-state index contributed by atoms with van der Waals surface area (Å²) in [5, 5.41) is 7.58. The molecule has 0 aliphatic rings. The van der Waals surface area contributed by atoms with Gasteiger partial charge in [-0.15, -0.1) is 0 Å². The van der Waals surface area contributed by atoms with E-state index in [4.69, 9.17) is 11.6 Å². The summed E-state index contributed by atoms with van der Waals surface area (Å²) in [5.74, 6) is -0.171. The molecule has 3 nitrogen and oxygen atoms in total. The van der Waals surface area contributed by atoms with Gasteiger partial charge in [0.1, 0.15) is 0 Å². The molecule has 3 aromatic rings. The van der Waals surface area contributed by atoms with Crippen molar-refractivity contribution < 1.29 is 4.79 Å². The lowest BCUT2D eigenvalue weighted by Crippen LogP contribution is -2.20. The normalized spacial score (nSPS) is 10.9. The number of nitrogens with one attached hydrogen (secondary N) is 1. The van der Waals surface area contributed by atoms with E-state index in [0.717, 1.165) is 22.3 Å². The fraction of sp³-hybridized carbons (Fsp3) is 0.0526. The van der Waals surface area contributed by atoms with Crippen LogP contribution in [0.3, 0.4) is 0 Å². The van der Waals surface area contributed by atoms with E-state index in [-0.39, 0.29) is 5.91 Å². The number of nitrogens with zero attached hydrogens (tertiary/aromatic N) is 1. The summed E-state index contributed by atoms with van der Waals surface area (Å²) in [6, 6.07) is 11.5. The molecule has 1 amide bonds. The van der Waals surface area contributed by atoms with Crippen molar-refractivity contribution in [3.63, 3.8) is 0 Å². The van der Waals surface area contributed by atoms with Gasteiger partial charge in [-0.2, -0.15) is 11.3 Å². The number of hydrogen-bond acceptors (Lipinski definition) is 3. The van der Waals surface area contributed by atoms with Crippen molar-refractivity contribution in [1.29, 1.82) is 0 Å². The first-order chi connectivity index (χ1) is 11.7. The van der Waals surface area contributed by atoms with E-state index >= 15 is 0 Å². The van der Waals surface area contributed by atoms with Crippen LogP contribution in [0, 0.1) is 0 Å². The minimum atomic E-state index is -0.171. The Labute approximate surface area is 149 Å². The predicted molar refractivity (Wildman–Crippen MR) is 99.9 cm³/mol. The maximum absolute atomic E-state index is 12.0. The van der Waals surface area contributed by atoms with Gasteiger partial charge in [-0.1, -0.05) is 29.8 Å². The van der Waals surface area contributed by atoms with Gasteiger partial charge in [-0.3, -0.25) is 9.78 Å². The fourth-order valence-corrected chi connectivity index (χ4v) is 3.06. The maximum Gasteiger partial charge on any atom is 0.244 e. The highest BCUT2D eigenvalue weighted by Crippen LogP contribution is 2.22. The standard InChI is InChI=1S/C19H15ClN2OS/c20-18-4-2-1-3-15(18)5-6-19(23)22-11-14-9-17(12-21-10-14)16-7-8-24-13-16/h1-10,12-13H,11H2,(H,22,23). The molecular weight excluding hydrogens is 340 g/mol. The molecule has 0 radical (unpaired) electrons. The SMILES string of the molecule is O=C(C=Cc1ccccc1Cl)NCc1cncc(-c2ccsc2)c1. The lowest BCUT2D eigenvalue weighted by Gasteiger charge is -2.04. The molecule has 0 aliphatic heterocycles. The summed E-state index contributed by atoms with van der Waals surface area (Å²) in [7, 11) is 0. The second-order valence-electron chi connectivity index (χ2n) is 5.17. The molecular formula is C19H15ClN2OS. The lowest BCUT2D eigenvalue weighted by molar-refractivity contribution is -0.116. The third-order valence-electron chi connectivity index (χ3n) is 3.44. The van der Waals surface area contributed by atoms with Crippen LogP contribution in [0.15, 0.2) is 65.6 Å². The number of aromatic nitrogens is 1. The number of pyridine rings is 1. The Balaban J connectivity index is 1.61. The molecule has 0 saturated carbocycles. The highest BCUT2D eigenvalue weighted by atomic mass is 35.5. The fourth-order valence-electron chi connectivity index (χ4n) is 2.19. The Morgan fingerprint density at radius 3 is 2.88 bits per heavy atom. The van der Waals surface area contributed by atoms with Crippen LogP contribution in [0.4, 0.5) is 0 Å². The van der Waals surface area contributed by atoms with Crippen LogP contribution in [0.1, 0.15) is 11.1 Å². The van der Waals surface area contributed by atoms with Crippen molar-refractivity contribution >= 4 is 34.9 Å². The second-order valence-corrected chi connectivity index (χ2v) is 6.35. The first kappa shape index (κ1) is 16.4. The summed E-state index contributed by atoms with van der Waals surface area (Å²) in [6.07, 6.45) is 6.77. The molecule has 3 rings (SSSR count). The van der Waals surface area contributed by atoms with Crippen LogP contribution in [0.2, 0.25) is 5.02 Å². The van der Waals surface area contributed by atoms with Crippen molar-refractivity contribution in [2.45, 2.75) is 6.54 Å². The third-order valence-corrected chi connectivity index (χ3v) is 4.46. The van der Waals surface area contributed by atoms with Crippen LogP contribution in [0.5, 0.6) is 0 Å². The van der Waals surface area contributed by atoms with E-state index < -0.39 is 0 Å². The van der Waals surface area contributed by atoms with Gasteiger partial charge in [0.2, 0.25) is 5.91 Å². The third kappa shape index (κ3) is 4.31. The molecule has 0 atom stereocenters. The number of thiophene rings is 1. The van der Waals surface area contributed by atoms with Crippen molar-refractivity contribution in [2.75, 3.05) is 0 Å². The average molecular weight is 355 g/mol. The zero-order valence-electron chi connectivity index (χ0n) is 12.8. The Morgan fingerprint density at radius 2 is 2.08 bits per heavy atom. The number of carbonyl (C=O) groups excluding carboxylic acids is 1. The predicted octanol–water partition coefficient (Wildman–Crippen LogP) is 4.79. The molecule has 0 aliphatic carbocycles. The number of halogens is 1. The topological polar surface area (TPSA) is 42.0 Å². The molecule has 0 spiro atoms. The van der Waals surface area contributed by atoms with Crippen LogP contribution in [-0.4, -0.2) is 10.9 Å². The first-order valence-electron chi connectivity index (χ1n) is 7.39. The molecule has 5 heteroatoms. The molecule has 2 aromatic heterocycles. The van der Waals surface area contributed by atoms with Gasteiger partial charge in [0, 0.05) is 35.6 Å². The molecule has 0 saturated heterocycles. The number of amides is 1. The van der Waals surface area contributed by atoms with Crippen LogP contribution < -0.4 is 5.32 Å². The van der Waals surface area contributed by atoms with Crippen molar-refractivity contribution in [3.05, 3.63) is 81.8 Å².